The fraction of sp³-hybridized carbons (Fsp3) is 0.957. The smallest absolute Gasteiger partial charge is 0.308 e. The van der Waals surface area contributed by atoms with E-state index in [1.54, 1.807) is 0 Å². The largest absolute Gasteiger partial charge is 0.465 e. The minimum absolute atomic E-state index is 0.0336. The molecule has 53 heavy (non-hydrogen) atoms. The van der Waals surface area contributed by atoms with Gasteiger partial charge in [-0.1, -0.05) is 187 Å². The SMILES string of the molecule is CCCCCCCCC(CCCCCC)C(=O)OCCCCCCN(CCCCCCOC(=O)C(CCCCCC)CCCCCCCC)CCN=O. The summed E-state index contributed by atoms with van der Waals surface area (Å²) < 4.78 is 11.6. The number of rotatable bonds is 43. The lowest BCUT2D eigenvalue weighted by molar-refractivity contribution is -0.150. The van der Waals surface area contributed by atoms with Crippen LogP contribution < -0.4 is 0 Å². The molecule has 0 aromatic carbocycles. The molecule has 7 heteroatoms. The second-order valence-corrected chi connectivity index (χ2v) is 16.1. The molecule has 0 rings (SSSR count). The van der Waals surface area contributed by atoms with Gasteiger partial charge in [-0.05, 0) is 64.5 Å². The van der Waals surface area contributed by atoms with E-state index in [0.717, 1.165) is 122 Å². The molecule has 0 N–H and O–H groups in total. The highest BCUT2D eigenvalue weighted by atomic mass is 16.5. The van der Waals surface area contributed by atoms with E-state index in [1.165, 1.54) is 103 Å². The maximum atomic E-state index is 12.9. The molecular formula is C46H90N2O5. The van der Waals surface area contributed by atoms with Gasteiger partial charge in [-0.2, -0.15) is 4.91 Å². The number of carbonyl (C=O) groups excluding carboxylic acids is 2. The summed E-state index contributed by atoms with van der Waals surface area (Å²) in [6.45, 7) is 13.0. The molecule has 0 aliphatic rings. The van der Waals surface area contributed by atoms with Crippen LogP contribution in [0.25, 0.3) is 0 Å². The standard InChI is InChI=1S/C46H90N2O5/c1-5-9-13-17-19-27-35-43(33-25-15-11-7-3)45(49)52-41-31-23-21-29-38-48(40-37-47-51)39-30-22-24-32-42-53-46(50)44(34-26-16-12-8-4)36-28-20-18-14-10-6-2/h43-44H,5-42H2,1-4H3. The molecule has 2 unspecified atom stereocenters. The molecule has 2 atom stereocenters. The van der Waals surface area contributed by atoms with Crippen molar-refractivity contribution in [2.45, 2.75) is 233 Å². The second-order valence-electron chi connectivity index (χ2n) is 16.1. The van der Waals surface area contributed by atoms with Crippen molar-refractivity contribution in [3.63, 3.8) is 0 Å². The maximum absolute atomic E-state index is 12.9. The van der Waals surface area contributed by atoms with Crippen LogP contribution in [0.4, 0.5) is 0 Å². The summed E-state index contributed by atoms with van der Waals surface area (Å²) >= 11 is 0. The van der Waals surface area contributed by atoms with Gasteiger partial charge in [0.15, 0.2) is 0 Å². The summed E-state index contributed by atoms with van der Waals surface area (Å²) in [6.07, 6.45) is 37.0. The Balaban J connectivity index is 4.29. The third kappa shape index (κ3) is 34.7. The molecule has 0 amide bonds. The number of carbonyl (C=O) groups is 2. The van der Waals surface area contributed by atoms with E-state index in [-0.39, 0.29) is 23.8 Å². The van der Waals surface area contributed by atoms with Gasteiger partial charge < -0.3 is 14.4 Å². The van der Waals surface area contributed by atoms with Crippen LogP contribution in [0.3, 0.4) is 0 Å². The third-order valence-electron chi connectivity index (χ3n) is 11.0. The summed E-state index contributed by atoms with van der Waals surface area (Å²) in [5.74, 6) is 0.216. The molecule has 0 heterocycles. The first kappa shape index (κ1) is 51.5. The first-order valence-electron chi connectivity index (χ1n) is 23.4. The van der Waals surface area contributed by atoms with Crippen LogP contribution in [0, 0.1) is 16.7 Å². The zero-order valence-electron chi connectivity index (χ0n) is 36.0. The van der Waals surface area contributed by atoms with Gasteiger partial charge in [-0.15, -0.1) is 0 Å². The number of hydrogen-bond donors (Lipinski definition) is 0. The van der Waals surface area contributed by atoms with Crippen molar-refractivity contribution in [3.8, 4) is 0 Å². The number of ether oxygens (including phenoxy) is 2. The molecule has 7 nitrogen and oxygen atoms in total. The molecule has 0 spiro atoms. The number of nitrogens with zero attached hydrogens (tertiary/aromatic N) is 2. The van der Waals surface area contributed by atoms with Gasteiger partial charge in [-0.25, -0.2) is 0 Å². The molecule has 0 saturated carbocycles. The van der Waals surface area contributed by atoms with Gasteiger partial charge in [0.1, 0.15) is 0 Å². The van der Waals surface area contributed by atoms with Gasteiger partial charge in [0, 0.05) is 6.54 Å². The Labute approximate surface area is 329 Å². The fourth-order valence-electron chi connectivity index (χ4n) is 7.42. The Morgan fingerprint density at radius 2 is 0.717 bits per heavy atom. The van der Waals surface area contributed by atoms with E-state index in [0.29, 0.717) is 19.8 Å². The molecule has 0 aliphatic carbocycles. The van der Waals surface area contributed by atoms with E-state index in [9.17, 15) is 14.5 Å². The molecule has 0 aromatic rings. The highest BCUT2D eigenvalue weighted by Crippen LogP contribution is 2.22. The Morgan fingerprint density at radius 1 is 0.415 bits per heavy atom. The first-order valence-corrected chi connectivity index (χ1v) is 23.4. The van der Waals surface area contributed by atoms with Crippen molar-refractivity contribution in [1.82, 2.24) is 4.90 Å². The van der Waals surface area contributed by atoms with Crippen LogP contribution in [-0.4, -0.2) is 56.2 Å². The summed E-state index contributed by atoms with van der Waals surface area (Å²) in [5, 5.41) is 3.11. The molecule has 0 radical (unpaired) electrons. The number of nitroso groups, excluding NO2 is 1. The molecule has 0 aromatic heterocycles. The number of esters is 2. The van der Waals surface area contributed by atoms with Crippen LogP contribution in [-0.2, 0) is 19.1 Å². The predicted molar refractivity (Wildman–Crippen MR) is 226 cm³/mol. The average Bonchev–Trinajstić information content (AvgIpc) is 3.16. The summed E-state index contributed by atoms with van der Waals surface area (Å²) in [5.41, 5.74) is 0. The third-order valence-corrected chi connectivity index (χ3v) is 11.0. The average molecular weight is 751 g/mol. The molecular weight excluding hydrogens is 661 g/mol. The zero-order valence-corrected chi connectivity index (χ0v) is 36.0. The van der Waals surface area contributed by atoms with Gasteiger partial charge in [0.05, 0.1) is 31.6 Å². The van der Waals surface area contributed by atoms with Crippen LogP contribution in [0.2, 0.25) is 0 Å². The van der Waals surface area contributed by atoms with Crippen molar-refractivity contribution < 1.29 is 19.1 Å². The minimum Gasteiger partial charge on any atom is -0.465 e. The van der Waals surface area contributed by atoms with Gasteiger partial charge in [-0.3, -0.25) is 9.59 Å². The zero-order chi connectivity index (χ0) is 38.9. The summed E-state index contributed by atoms with van der Waals surface area (Å²) in [7, 11) is 0. The Kier molecular flexibility index (Phi) is 40.5. The molecule has 0 saturated heterocycles. The van der Waals surface area contributed by atoms with Crippen molar-refractivity contribution in [2.75, 3.05) is 39.4 Å². The lowest BCUT2D eigenvalue weighted by Crippen LogP contribution is -2.28. The molecule has 0 fully saturated rings. The normalized spacial score (nSPS) is 12.6. The van der Waals surface area contributed by atoms with Crippen LogP contribution in [0.1, 0.15) is 233 Å². The van der Waals surface area contributed by atoms with Gasteiger partial charge >= 0.3 is 11.9 Å². The van der Waals surface area contributed by atoms with E-state index in [1.807, 2.05) is 0 Å². The van der Waals surface area contributed by atoms with E-state index >= 15 is 0 Å². The fourth-order valence-corrected chi connectivity index (χ4v) is 7.42. The minimum atomic E-state index is 0.0336. The molecule has 0 bridgehead atoms. The molecule has 314 valence electrons. The van der Waals surface area contributed by atoms with E-state index in [2.05, 4.69) is 37.8 Å². The van der Waals surface area contributed by atoms with Crippen LogP contribution >= 0.6 is 0 Å². The van der Waals surface area contributed by atoms with Gasteiger partial charge in [0.25, 0.3) is 0 Å². The lowest BCUT2D eigenvalue weighted by Gasteiger charge is -2.21. The van der Waals surface area contributed by atoms with Crippen molar-refractivity contribution >= 4 is 11.9 Å². The van der Waals surface area contributed by atoms with E-state index < -0.39 is 0 Å². The van der Waals surface area contributed by atoms with Crippen molar-refractivity contribution in [2.24, 2.45) is 17.0 Å². The van der Waals surface area contributed by atoms with Crippen molar-refractivity contribution in [3.05, 3.63) is 4.91 Å². The summed E-state index contributed by atoms with van der Waals surface area (Å²) in [6, 6.07) is 0. The topological polar surface area (TPSA) is 85.3 Å². The highest BCUT2D eigenvalue weighted by Gasteiger charge is 2.20. The Bertz CT molecular complexity index is 736. The number of hydrogen-bond acceptors (Lipinski definition) is 7. The maximum Gasteiger partial charge on any atom is 0.308 e. The Hall–Kier alpha value is -1.50. The van der Waals surface area contributed by atoms with Crippen LogP contribution in [0.15, 0.2) is 5.18 Å². The molecule has 0 aliphatic heterocycles. The van der Waals surface area contributed by atoms with Crippen molar-refractivity contribution in [1.29, 1.82) is 0 Å². The monoisotopic (exact) mass is 751 g/mol. The first-order chi connectivity index (χ1) is 26.0. The Morgan fingerprint density at radius 3 is 1.08 bits per heavy atom. The highest BCUT2D eigenvalue weighted by molar-refractivity contribution is 5.72. The quantitative estimate of drug-likeness (QED) is 0.0350. The summed E-state index contributed by atoms with van der Waals surface area (Å²) in [4.78, 5) is 39.1. The lowest BCUT2D eigenvalue weighted by atomic mass is 9.94. The van der Waals surface area contributed by atoms with Gasteiger partial charge in [0.2, 0.25) is 0 Å². The van der Waals surface area contributed by atoms with E-state index in [4.69, 9.17) is 9.47 Å². The predicted octanol–water partition coefficient (Wildman–Crippen LogP) is 13.9. The van der Waals surface area contributed by atoms with Crippen LogP contribution in [0.5, 0.6) is 0 Å². The number of unbranched alkanes of at least 4 members (excludes halogenated alkanes) is 22. The second kappa shape index (κ2) is 41.7.